The summed E-state index contributed by atoms with van der Waals surface area (Å²) in [7, 11) is 1.40. The number of carbonyl (C=O) groups excluding carboxylic acids is 1. The van der Waals surface area contributed by atoms with Crippen molar-refractivity contribution in [3.05, 3.63) is 47.5 Å². The largest absolute Gasteiger partial charge is 0.466 e. The Bertz CT molecular complexity index is 352. The van der Waals surface area contributed by atoms with Crippen molar-refractivity contribution in [2.45, 2.75) is 19.8 Å². The Morgan fingerprint density at radius 2 is 1.93 bits per heavy atom. The lowest BCUT2D eigenvalue weighted by atomic mass is 9.99. The molecule has 0 fully saturated rings. The molecule has 0 N–H and O–H groups in total. The first-order valence-corrected chi connectivity index (χ1v) is 4.97. The highest BCUT2D eigenvalue weighted by Crippen LogP contribution is 2.17. The average Bonchev–Trinajstić information content (AvgIpc) is 2.29. The maximum atomic E-state index is 11.2. The van der Waals surface area contributed by atoms with E-state index in [1.165, 1.54) is 12.7 Å². The van der Waals surface area contributed by atoms with Crippen LogP contribution in [0.2, 0.25) is 0 Å². The monoisotopic (exact) mass is 204 g/mol. The van der Waals surface area contributed by atoms with E-state index >= 15 is 0 Å². The van der Waals surface area contributed by atoms with Crippen molar-refractivity contribution in [3.8, 4) is 0 Å². The van der Waals surface area contributed by atoms with Crippen LogP contribution in [0.25, 0.3) is 0 Å². The quantitative estimate of drug-likeness (QED) is 0.559. The van der Waals surface area contributed by atoms with E-state index in [0.717, 1.165) is 0 Å². The molecule has 1 aromatic carbocycles. The second kappa shape index (κ2) is 5.35. The smallest absolute Gasteiger partial charge is 0.333 e. The van der Waals surface area contributed by atoms with Gasteiger partial charge in [-0.1, -0.05) is 43.3 Å². The van der Waals surface area contributed by atoms with Gasteiger partial charge in [0.1, 0.15) is 0 Å². The van der Waals surface area contributed by atoms with Crippen molar-refractivity contribution in [3.63, 3.8) is 0 Å². The van der Waals surface area contributed by atoms with Crippen LogP contribution in [0.15, 0.2) is 42.0 Å². The molecule has 2 heteroatoms. The van der Waals surface area contributed by atoms with E-state index in [0.29, 0.717) is 5.57 Å². The van der Waals surface area contributed by atoms with Gasteiger partial charge in [0.05, 0.1) is 7.11 Å². The van der Waals surface area contributed by atoms with Crippen LogP contribution >= 0.6 is 0 Å². The van der Waals surface area contributed by atoms with Crippen LogP contribution in [0.5, 0.6) is 0 Å². The van der Waals surface area contributed by atoms with Crippen LogP contribution in [0.1, 0.15) is 25.3 Å². The summed E-state index contributed by atoms with van der Waals surface area (Å²) < 4.78 is 4.64. The van der Waals surface area contributed by atoms with Gasteiger partial charge in [0.2, 0.25) is 0 Å². The fraction of sp³-hybridized carbons (Fsp3) is 0.308. The summed E-state index contributed by atoms with van der Waals surface area (Å²) in [5.74, 6) is -0.0388. The molecule has 15 heavy (non-hydrogen) atoms. The number of carbonyl (C=O) groups is 1. The fourth-order valence-electron chi connectivity index (χ4n) is 1.46. The zero-order valence-electron chi connectivity index (χ0n) is 9.36. The molecule has 2 nitrogen and oxygen atoms in total. The predicted molar refractivity (Wildman–Crippen MR) is 60.6 cm³/mol. The Labute approximate surface area is 90.6 Å². The highest BCUT2D eigenvalue weighted by molar-refractivity contribution is 5.87. The highest BCUT2D eigenvalue weighted by atomic mass is 16.5. The van der Waals surface area contributed by atoms with Crippen LogP contribution in [-0.4, -0.2) is 13.1 Å². The van der Waals surface area contributed by atoms with Crippen molar-refractivity contribution in [1.82, 2.24) is 0 Å². The van der Waals surface area contributed by atoms with Crippen molar-refractivity contribution >= 4 is 5.97 Å². The minimum atomic E-state index is -0.266. The van der Waals surface area contributed by atoms with Gasteiger partial charge in [-0.2, -0.15) is 0 Å². The van der Waals surface area contributed by atoms with Gasteiger partial charge in [-0.05, 0) is 18.4 Å². The minimum Gasteiger partial charge on any atom is -0.466 e. The van der Waals surface area contributed by atoms with Crippen molar-refractivity contribution in [2.24, 2.45) is 0 Å². The molecule has 0 amide bonds. The Balaban J connectivity index is 2.79. The van der Waals surface area contributed by atoms with E-state index in [4.69, 9.17) is 0 Å². The summed E-state index contributed by atoms with van der Waals surface area (Å²) in [5.41, 5.74) is 1.84. The molecule has 0 saturated carbocycles. The molecule has 80 valence electrons. The maximum Gasteiger partial charge on any atom is 0.333 e. The SMILES string of the molecule is COC(=O)/C(C)=C\C(C)c1ccccc1. The number of benzene rings is 1. The summed E-state index contributed by atoms with van der Waals surface area (Å²) in [6.07, 6.45) is 1.92. The molecule has 0 heterocycles. The Kier molecular flexibility index (Phi) is 4.10. The van der Waals surface area contributed by atoms with Gasteiger partial charge in [-0.25, -0.2) is 4.79 Å². The highest BCUT2D eigenvalue weighted by Gasteiger charge is 2.07. The number of ether oxygens (including phenoxy) is 1. The standard InChI is InChI=1S/C13H16O2/c1-10(9-11(2)13(14)15-3)12-7-5-4-6-8-12/h4-10H,1-3H3/b11-9-. The Morgan fingerprint density at radius 1 is 1.33 bits per heavy atom. The van der Waals surface area contributed by atoms with Crippen molar-refractivity contribution in [1.29, 1.82) is 0 Å². The molecule has 0 radical (unpaired) electrons. The third-order valence-electron chi connectivity index (χ3n) is 2.33. The molecule has 0 saturated heterocycles. The summed E-state index contributed by atoms with van der Waals surface area (Å²) >= 11 is 0. The van der Waals surface area contributed by atoms with Crippen molar-refractivity contribution < 1.29 is 9.53 Å². The van der Waals surface area contributed by atoms with E-state index in [1.807, 2.05) is 36.4 Å². The third-order valence-corrected chi connectivity index (χ3v) is 2.33. The summed E-state index contributed by atoms with van der Waals surface area (Å²) in [5, 5.41) is 0. The minimum absolute atomic E-state index is 0.227. The molecular weight excluding hydrogens is 188 g/mol. The number of hydrogen-bond donors (Lipinski definition) is 0. The van der Waals surface area contributed by atoms with E-state index in [9.17, 15) is 4.79 Å². The van der Waals surface area contributed by atoms with Gasteiger partial charge >= 0.3 is 5.97 Å². The van der Waals surface area contributed by atoms with E-state index in [1.54, 1.807) is 6.92 Å². The summed E-state index contributed by atoms with van der Waals surface area (Å²) in [4.78, 5) is 11.2. The molecule has 0 bridgehead atoms. The number of rotatable bonds is 3. The van der Waals surface area contributed by atoms with Gasteiger partial charge in [0.25, 0.3) is 0 Å². The predicted octanol–water partition coefficient (Wildman–Crippen LogP) is 2.91. The number of hydrogen-bond acceptors (Lipinski definition) is 2. The second-order valence-corrected chi connectivity index (χ2v) is 3.54. The third kappa shape index (κ3) is 3.24. The molecule has 0 aromatic heterocycles. The van der Waals surface area contributed by atoms with Gasteiger partial charge < -0.3 is 4.74 Å². The topological polar surface area (TPSA) is 26.3 Å². The van der Waals surface area contributed by atoms with Gasteiger partial charge in [0.15, 0.2) is 0 Å². The summed E-state index contributed by atoms with van der Waals surface area (Å²) in [6.45, 7) is 3.83. The molecule has 0 aliphatic carbocycles. The fourth-order valence-corrected chi connectivity index (χ4v) is 1.46. The normalized spacial score (nSPS) is 13.4. The van der Waals surface area contributed by atoms with E-state index in [-0.39, 0.29) is 11.9 Å². The van der Waals surface area contributed by atoms with Crippen LogP contribution in [-0.2, 0) is 9.53 Å². The first-order chi connectivity index (χ1) is 7.15. The zero-order chi connectivity index (χ0) is 11.3. The van der Waals surface area contributed by atoms with Gasteiger partial charge in [-0.15, -0.1) is 0 Å². The maximum absolute atomic E-state index is 11.2. The molecule has 0 aliphatic heterocycles. The lowest BCUT2D eigenvalue weighted by molar-refractivity contribution is -0.136. The molecular formula is C13H16O2. The van der Waals surface area contributed by atoms with Crippen LogP contribution in [0.3, 0.4) is 0 Å². The molecule has 0 spiro atoms. The van der Waals surface area contributed by atoms with Crippen LogP contribution in [0, 0.1) is 0 Å². The molecule has 1 atom stereocenters. The first kappa shape index (κ1) is 11.5. The van der Waals surface area contributed by atoms with Crippen molar-refractivity contribution in [2.75, 3.05) is 7.11 Å². The van der Waals surface area contributed by atoms with Crippen LogP contribution in [0.4, 0.5) is 0 Å². The molecule has 1 rings (SSSR count). The second-order valence-electron chi connectivity index (χ2n) is 3.54. The van der Waals surface area contributed by atoms with Gasteiger partial charge in [-0.3, -0.25) is 0 Å². The number of methoxy groups -OCH3 is 1. The molecule has 1 aromatic rings. The number of allylic oxidation sites excluding steroid dienone is 1. The Hall–Kier alpha value is -1.57. The van der Waals surface area contributed by atoms with E-state index in [2.05, 4.69) is 11.7 Å². The van der Waals surface area contributed by atoms with Gasteiger partial charge in [0, 0.05) is 5.57 Å². The molecule has 1 unspecified atom stereocenters. The lowest BCUT2D eigenvalue weighted by Crippen LogP contribution is -2.03. The first-order valence-electron chi connectivity index (χ1n) is 4.97. The molecule has 0 aliphatic rings. The average molecular weight is 204 g/mol. The van der Waals surface area contributed by atoms with E-state index < -0.39 is 0 Å². The zero-order valence-corrected chi connectivity index (χ0v) is 9.36. The van der Waals surface area contributed by atoms with Crippen LogP contribution < -0.4 is 0 Å². The summed E-state index contributed by atoms with van der Waals surface area (Å²) in [6, 6.07) is 10.1. The lowest BCUT2D eigenvalue weighted by Gasteiger charge is -2.07. The number of esters is 1. The Morgan fingerprint density at radius 3 is 2.47 bits per heavy atom.